The molecule has 0 saturated heterocycles. The predicted octanol–water partition coefficient (Wildman–Crippen LogP) is 0.829. The number of nitrogens with two attached hydrogens (primary N) is 1. The van der Waals surface area contributed by atoms with Gasteiger partial charge in [-0.2, -0.15) is 0 Å². The van der Waals surface area contributed by atoms with Gasteiger partial charge in [0, 0.05) is 10.5 Å². The van der Waals surface area contributed by atoms with Gasteiger partial charge in [-0.05, 0) is 35.0 Å². The molecule has 0 aliphatic carbocycles. The summed E-state index contributed by atoms with van der Waals surface area (Å²) >= 11 is 2.95. The summed E-state index contributed by atoms with van der Waals surface area (Å²) in [5.74, 6) is -0.703. The quantitative estimate of drug-likeness (QED) is 0.714. The van der Waals surface area contributed by atoms with Crippen LogP contribution in [0, 0.1) is 5.82 Å². The van der Waals surface area contributed by atoms with Crippen LogP contribution in [0.15, 0.2) is 21.5 Å². The number of nitrogen functional groups attached to an aromatic ring is 1. The molecule has 0 bridgehead atoms. The van der Waals surface area contributed by atoms with E-state index in [-0.39, 0.29) is 21.7 Å². The summed E-state index contributed by atoms with van der Waals surface area (Å²) in [6, 6.07) is 1.36. The summed E-state index contributed by atoms with van der Waals surface area (Å²) < 4.78 is 39.1. The molecule has 4 N–H and O–H groups in total. The minimum atomic E-state index is -3.85. The first-order valence-corrected chi connectivity index (χ1v) is 6.93. The van der Waals surface area contributed by atoms with Gasteiger partial charge in [-0.15, -0.1) is 0 Å². The van der Waals surface area contributed by atoms with Crippen LogP contribution < -0.4 is 10.5 Å². The normalized spacial score (nSPS) is 13.6. The van der Waals surface area contributed by atoms with Crippen molar-refractivity contribution in [1.29, 1.82) is 0 Å². The van der Waals surface area contributed by atoms with Gasteiger partial charge in [0.15, 0.2) is 0 Å². The maximum absolute atomic E-state index is 13.1. The summed E-state index contributed by atoms with van der Waals surface area (Å²) in [6.45, 7) is 1.16. The number of sulfonamides is 1. The lowest BCUT2D eigenvalue weighted by Crippen LogP contribution is -2.35. The Morgan fingerprint density at radius 2 is 2.18 bits per heavy atom. The number of aliphatic hydroxyl groups excluding tert-OH is 1. The van der Waals surface area contributed by atoms with Crippen LogP contribution in [-0.4, -0.2) is 26.2 Å². The van der Waals surface area contributed by atoms with E-state index >= 15 is 0 Å². The summed E-state index contributed by atoms with van der Waals surface area (Å²) in [4.78, 5) is -0.170. The molecule has 0 spiro atoms. The van der Waals surface area contributed by atoms with E-state index in [9.17, 15) is 12.8 Å². The average Bonchev–Trinajstić information content (AvgIpc) is 2.22. The Labute approximate surface area is 107 Å². The Balaban J connectivity index is 3.20. The van der Waals surface area contributed by atoms with Gasteiger partial charge in [-0.1, -0.05) is 0 Å². The second-order valence-corrected chi connectivity index (χ2v) is 6.05. The van der Waals surface area contributed by atoms with Gasteiger partial charge in [0.2, 0.25) is 10.0 Å². The van der Waals surface area contributed by atoms with Crippen LogP contribution in [0.25, 0.3) is 0 Å². The zero-order chi connectivity index (χ0) is 13.2. The molecule has 0 amide bonds. The van der Waals surface area contributed by atoms with Crippen LogP contribution in [0.2, 0.25) is 0 Å². The molecule has 0 fully saturated rings. The summed E-state index contributed by atoms with van der Waals surface area (Å²) in [7, 11) is -3.85. The second-order valence-electron chi connectivity index (χ2n) is 3.51. The molecule has 0 unspecified atom stereocenters. The van der Waals surface area contributed by atoms with Gasteiger partial charge in [-0.3, -0.25) is 0 Å². The summed E-state index contributed by atoms with van der Waals surface area (Å²) in [6.07, 6.45) is 0. The molecule has 0 heterocycles. The third-order valence-corrected chi connectivity index (χ3v) is 4.52. The molecule has 96 valence electrons. The van der Waals surface area contributed by atoms with Crippen molar-refractivity contribution in [2.24, 2.45) is 0 Å². The van der Waals surface area contributed by atoms with E-state index in [2.05, 4.69) is 20.7 Å². The number of hydrogen-bond donors (Lipinski definition) is 3. The highest BCUT2D eigenvalue weighted by molar-refractivity contribution is 9.10. The maximum atomic E-state index is 13.1. The van der Waals surface area contributed by atoms with Crippen LogP contribution in [0.1, 0.15) is 6.92 Å². The molecule has 0 aromatic heterocycles. The average molecular weight is 327 g/mol. The zero-order valence-corrected chi connectivity index (χ0v) is 11.3. The lowest BCUT2D eigenvalue weighted by molar-refractivity contribution is 0.265. The monoisotopic (exact) mass is 326 g/mol. The Kier molecular flexibility index (Phi) is 4.48. The van der Waals surface area contributed by atoms with Crippen LogP contribution in [0.3, 0.4) is 0 Å². The van der Waals surface area contributed by atoms with E-state index in [1.54, 1.807) is 0 Å². The van der Waals surface area contributed by atoms with Crippen molar-refractivity contribution in [3.63, 3.8) is 0 Å². The van der Waals surface area contributed by atoms with Crippen LogP contribution >= 0.6 is 15.9 Å². The number of aliphatic hydroxyl groups is 1. The van der Waals surface area contributed by atoms with Gasteiger partial charge in [0.1, 0.15) is 5.82 Å². The standard InChI is InChI=1S/C9H12BrFN2O3S/c1-5(4-14)13-17(15,16)9-3-8(12)7(11)2-6(9)10/h2-3,5,13-14H,4,12H2,1H3/t5-/m1/s1. The molecule has 0 aliphatic rings. The minimum absolute atomic E-state index is 0.0711. The first-order valence-electron chi connectivity index (χ1n) is 4.65. The third-order valence-electron chi connectivity index (χ3n) is 1.97. The SMILES string of the molecule is C[C@H](CO)NS(=O)(=O)c1cc(N)c(F)cc1Br. The largest absolute Gasteiger partial charge is 0.396 e. The van der Waals surface area contributed by atoms with Gasteiger partial charge >= 0.3 is 0 Å². The molecule has 0 aliphatic heterocycles. The first kappa shape index (κ1) is 14.4. The molecule has 5 nitrogen and oxygen atoms in total. The number of halogens is 2. The zero-order valence-electron chi connectivity index (χ0n) is 8.94. The van der Waals surface area contributed by atoms with Gasteiger partial charge in [0.25, 0.3) is 0 Å². The summed E-state index contributed by atoms with van der Waals surface area (Å²) in [5, 5.41) is 8.79. The van der Waals surface area contributed by atoms with E-state index in [1.165, 1.54) is 6.92 Å². The van der Waals surface area contributed by atoms with Gasteiger partial charge < -0.3 is 10.8 Å². The lowest BCUT2D eigenvalue weighted by Gasteiger charge is -2.13. The molecule has 1 rings (SSSR count). The predicted molar refractivity (Wildman–Crippen MR) is 65.4 cm³/mol. The fraction of sp³-hybridized carbons (Fsp3) is 0.333. The molecule has 0 radical (unpaired) electrons. The molecular weight excluding hydrogens is 315 g/mol. The number of benzene rings is 1. The van der Waals surface area contributed by atoms with Crippen molar-refractivity contribution >= 4 is 31.6 Å². The van der Waals surface area contributed by atoms with Crippen molar-refractivity contribution in [3.05, 3.63) is 22.4 Å². The van der Waals surface area contributed by atoms with Crippen molar-refractivity contribution < 1.29 is 17.9 Å². The number of rotatable bonds is 4. The number of nitrogens with one attached hydrogen (secondary N) is 1. The highest BCUT2D eigenvalue weighted by atomic mass is 79.9. The molecule has 8 heteroatoms. The van der Waals surface area contributed by atoms with Crippen LogP contribution in [0.5, 0.6) is 0 Å². The smallest absolute Gasteiger partial charge is 0.242 e. The van der Waals surface area contributed by atoms with Crippen molar-refractivity contribution in [2.45, 2.75) is 17.9 Å². The maximum Gasteiger partial charge on any atom is 0.242 e. The molecule has 1 aromatic rings. The topological polar surface area (TPSA) is 92.4 Å². The molecular formula is C9H12BrFN2O3S. The van der Waals surface area contributed by atoms with Gasteiger partial charge in [-0.25, -0.2) is 17.5 Å². The Hall–Kier alpha value is -0.700. The van der Waals surface area contributed by atoms with Crippen molar-refractivity contribution in [3.8, 4) is 0 Å². The lowest BCUT2D eigenvalue weighted by atomic mass is 10.3. The molecule has 1 aromatic carbocycles. The van der Waals surface area contributed by atoms with Crippen LogP contribution in [-0.2, 0) is 10.0 Å². The molecule has 1 atom stereocenters. The molecule has 0 saturated carbocycles. The second kappa shape index (κ2) is 5.30. The van der Waals surface area contributed by atoms with E-state index < -0.39 is 21.9 Å². The fourth-order valence-electron chi connectivity index (χ4n) is 1.12. The Bertz CT molecular complexity index is 521. The van der Waals surface area contributed by atoms with Crippen molar-refractivity contribution in [1.82, 2.24) is 4.72 Å². The number of anilines is 1. The van der Waals surface area contributed by atoms with Crippen LogP contribution in [0.4, 0.5) is 10.1 Å². The van der Waals surface area contributed by atoms with Crippen molar-refractivity contribution in [2.75, 3.05) is 12.3 Å². The van der Waals surface area contributed by atoms with E-state index in [0.717, 1.165) is 12.1 Å². The van der Waals surface area contributed by atoms with Gasteiger partial charge in [0.05, 0.1) is 17.2 Å². The Morgan fingerprint density at radius 3 is 2.71 bits per heavy atom. The number of hydrogen-bond acceptors (Lipinski definition) is 4. The highest BCUT2D eigenvalue weighted by Gasteiger charge is 2.21. The first-order chi connectivity index (χ1) is 7.77. The van der Waals surface area contributed by atoms with E-state index in [4.69, 9.17) is 10.8 Å². The minimum Gasteiger partial charge on any atom is -0.396 e. The fourth-order valence-corrected chi connectivity index (χ4v) is 3.40. The molecule has 17 heavy (non-hydrogen) atoms. The van der Waals surface area contributed by atoms with E-state index in [0.29, 0.717) is 0 Å². The summed E-state index contributed by atoms with van der Waals surface area (Å²) in [5.41, 5.74) is 5.05. The third kappa shape index (κ3) is 3.38. The Morgan fingerprint density at radius 1 is 1.59 bits per heavy atom. The van der Waals surface area contributed by atoms with E-state index in [1.807, 2.05) is 0 Å². The highest BCUT2D eigenvalue weighted by Crippen LogP contribution is 2.26.